The van der Waals surface area contributed by atoms with Crippen molar-refractivity contribution in [2.45, 2.75) is 53.4 Å². The first kappa shape index (κ1) is 18.1. The molecule has 0 radical (unpaired) electrons. The average Bonchev–Trinajstić information content (AvgIpc) is 2.44. The van der Waals surface area contributed by atoms with Crippen molar-refractivity contribution in [3.8, 4) is 0 Å². The Morgan fingerprint density at radius 3 is 2.43 bits per heavy atom. The minimum Gasteiger partial charge on any atom is -0.375 e. The Balaban J connectivity index is 2.15. The van der Waals surface area contributed by atoms with Crippen molar-refractivity contribution in [2.24, 2.45) is 5.92 Å². The van der Waals surface area contributed by atoms with E-state index in [1.807, 2.05) is 12.3 Å². The Labute approximate surface area is 129 Å². The van der Waals surface area contributed by atoms with Gasteiger partial charge in [-0.05, 0) is 24.0 Å². The third kappa shape index (κ3) is 9.56. The second-order valence-electron chi connectivity index (χ2n) is 6.05. The summed E-state index contributed by atoms with van der Waals surface area (Å²) in [4.78, 5) is 4.40. The van der Waals surface area contributed by atoms with Crippen LogP contribution in [0.3, 0.4) is 0 Å². The molecule has 0 bridgehead atoms. The average molecular weight is 294 g/mol. The van der Waals surface area contributed by atoms with Gasteiger partial charge in [-0.3, -0.25) is 4.98 Å². The zero-order chi connectivity index (χ0) is 15.5. The third-order valence-electron chi connectivity index (χ3n) is 3.04. The molecule has 4 heteroatoms. The van der Waals surface area contributed by atoms with Gasteiger partial charge in [0, 0.05) is 25.4 Å². The molecule has 120 valence electrons. The maximum atomic E-state index is 5.60. The monoisotopic (exact) mass is 294 g/mol. The molecule has 0 fully saturated rings. The molecule has 0 aromatic carbocycles. The molecule has 0 atom stereocenters. The van der Waals surface area contributed by atoms with Gasteiger partial charge in [0.2, 0.25) is 0 Å². The number of hydrogen-bond acceptors (Lipinski definition) is 4. The standard InChI is InChI=1S/C17H30N2O2/c1-14(2)7-9-20-13-17-6-5-16(11-19-17)12-21-10-8-18-15(3)4/h5-6,11,14-15,18H,7-10,12-13H2,1-4H3. The fraction of sp³-hybridized carbons (Fsp3) is 0.706. The van der Waals surface area contributed by atoms with E-state index in [9.17, 15) is 0 Å². The van der Waals surface area contributed by atoms with Crippen LogP contribution in [0.15, 0.2) is 18.3 Å². The van der Waals surface area contributed by atoms with E-state index in [2.05, 4.69) is 44.1 Å². The van der Waals surface area contributed by atoms with Gasteiger partial charge in [-0.1, -0.05) is 33.8 Å². The lowest BCUT2D eigenvalue weighted by atomic mass is 10.1. The molecule has 0 saturated heterocycles. The summed E-state index contributed by atoms with van der Waals surface area (Å²) in [6.45, 7) is 12.3. The number of nitrogens with zero attached hydrogens (tertiary/aromatic N) is 1. The number of rotatable bonds is 11. The number of nitrogens with one attached hydrogen (secondary N) is 1. The van der Waals surface area contributed by atoms with E-state index in [-0.39, 0.29) is 0 Å². The number of ether oxygens (including phenoxy) is 2. The first-order chi connectivity index (χ1) is 10.1. The Morgan fingerprint density at radius 2 is 1.81 bits per heavy atom. The zero-order valence-corrected chi connectivity index (χ0v) is 13.9. The molecule has 4 nitrogen and oxygen atoms in total. The highest BCUT2D eigenvalue weighted by molar-refractivity contribution is 5.12. The van der Waals surface area contributed by atoms with E-state index in [1.165, 1.54) is 0 Å². The minimum absolute atomic E-state index is 0.505. The van der Waals surface area contributed by atoms with Crippen molar-refractivity contribution in [3.05, 3.63) is 29.6 Å². The molecule has 0 aliphatic carbocycles. The van der Waals surface area contributed by atoms with Crippen LogP contribution in [-0.2, 0) is 22.7 Å². The Morgan fingerprint density at radius 1 is 1.05 bits per heavy atom. The molecule has 1 heterocycles. The summed E-state index contributed by atoms with van der Waals surface area (Å²) in [7, 11) is 0. The smallest absolute Gasteiger partial charge is 0.0887 e. The molecule has 0 aliphatic heterocycles. The van der Waals surface area contributed by atoms with Crippen molar-refractivity contribution in [2.75, 3.05) is 19.8 Å². The summed E-state index contributed by atoms with van der Waals surface area (Å²) in [6.07, 6.45) is 2.97. The lowest BCUT2D eigenvalue weighted by Gasteiger charge is -2.09. The summed E-state index contributed by atoms with van der Waals surface area (Å²) in [5.74, 6) is 0.683. The van der Waals surface area contributed by atoms with Crippen LogP contribution >= 0.6 is 0 Å². The fourth-order valence-corrected chi connectivity index (χ4v) is 1.73. The van der Waals surface area contributed by atoms with Gasteiger partial charge in [0.1, 0.15) is 0 Å². The summed E-state index contributed by atoms with van der Waals surface area (Å²) in [5, 5.41) is 3.32. The van der Waals surface area contributed by atoms with E-state index < -0.39 is 0 Å². The van der Waals surface area contributed by atoms with Gasteiger partial charge in [-0.2, -0.15) is 0 Å². The molecule has 0 amide bonds. The normalized spacial score (nSPS) is 11.5. The lowest BCUT2D eigenvalue weighted by molar-refractivity contribution is 0.108. The van der Waals surface area contributed by atoms with Crippen LogP contribution in [0.5, 0.6) is 0 Å². The van der Waals surface area contributed by atoms with Crippen LogP contribution in [0.2, 0.25) is 0 Å². The topological polar surface area (TPSA) is 43.4 Å². The van der Waals surface area contributed by atoms with Gasteiger partial charge in [0.05, 0.1) is 25.5 Å². The molecule has 1 aromatic heterocycles. The Kier molecular flexibility index (Phi) is 9.22. The molecule has 1 aromatic rings. The molecule has 1 N–H and O–H groups in total. The first-order valence-corrected chi connectivity index (χ1v) is 7.90. The Bertz CT molecular complexity index is 364. The summed E-state index contributed by atoms with van der Waals surface area (Å²) in [6, 6.07) is 4.58. The summed E-state index contributed by atoms with van der Waals surface area (Å²) in [5.41, 5.74) is 2.08. The zero-order valence-electron chi connectivity index (χ0n) is 13.9. The van der Waals surface area contributed by atoms with Crippen LogP contribution in [-0.4, -0.2) is 30.8 Å². The quantitative estimate of drug-likeness (QED) is 0.637. The fourth-order valence-electron chi connectivity index (χ4n) is 1.73. The van der Waals surface area contributed by atoms with Crippen LogP contribution < -0.4 is 5.32 Å². The van der Waals surface area contributed by atoms with Gasteiger partial charge in [0.15, 0.2) is 0 Å². The molecular weight excluding hydrogens is 264 g/mol. The predicted molar refractivity (Wildman–Crippen MR) is 86.1 cm³/mol. The molecule has 0 unspecified atom stereocenters. The second kappa shape index (κ2) is 10.7. The van der Waals surface area contributed by atoms with Gasteiger partial charge >= 0.3 is 0 Å². The van der Waals surface area contributed by atoms with E-state index in [4.69, 9.17) is 9.47 Å². The van der Waals surface area contributed by atoms with Crippen molar-refractivity contribution in [3.63, 3.8) is 0 Å². The molecule has 21 heavy (non-hydrogen) atoms. The van der Waals surface area contributed by atoms with E-state index >= 15 is 0 Å². The first-order valence-electron chi connectivity index (χ1n) is 7.90. The largest absolute Gasteiger partial charge is 0.375 e. The van der Waals surface area contributed by atoms with Crippen molar-refractivity contribution in [1.82, 2.24) is 10.3 Å². The second-order valence-corrected chi connectivity index (χ2v) is 6.05. The predicted octanol–water partition coefficient (Wildman–Crippen LogP) is 3.16. The van der Waals surface area contributed by atoms with Crippen LogP contribution in [0.4, 0.5) is 0 Å². The van der Waals surface area contributed by atoms with E-state index in [0.717, 1.165) is 37.4 Å². The Hall–Kier alpha value is -0.970. The highest BCUT2D eigenvalue weighted by atomic mass is 16.5. The van der Waals surface area contributed by atoms with Crippen molar-refractivity contribution >= 4 is 0 Å². The van der Waals surface area contributed by atoms with Gasteiger partial charge in [0.25, 0.3) is 0 Å². The van der Waals surface area contributed by atoms with Gasteiger partial charge in [-0.15, -0.1) is 0 Å². The maximum Gasteiger partial charge on any atom is 0.0887 e. The number of hydrogen-bond donors (Lipinski definition) is 1. The maximum absolute atomic E-state index is 5.60. The SMILES string of the molecule is CC(C)CCOCc1ccc(COCCNC(C)C)cn1. The highest BCUT2D eigenvalue weighted by Gasteiger charge is 1.99. The molecule has 0 aliphatic rings. The molecule has 1 rings (SSSR count). The highest BCUT2D eigenvalue weighted by Crippen LogP contribution is 2.05. The minimum atomic E-state index is 0.505. The summed E-state index contributed by atoms with van der Waals surface area (Å²) >= 11 is 0. The molecule has 0 spiro atoms. The number of aromatic nitrogens is 1. The molecule has 0 saturated carbocycles. The molecular formula is C17H30N2O2. The van der Waals surface area contributed by atoms with E-state index in [0.29, 0.717) is 25.2 Å². The van der Waals surface area contributed by atoms with Crippen molar-refractivity contribution in [1.29, 1.82) is 0 Å². The van der Waals surface area contributed by atoms with Crippen LogP contribution in [0, 0.1) is 5.92 Å². The van der Waals surface area contributed by atoms with Gasteiger partial charge < -0.3 is 14.8 Å². The van der Waals surface area contributed by atoms with Gasteiger partial charge in [-0.25, -0.2) is 0 Å². The van der Waals surface area contributed by atoms with Crippen LogP contribution in [0.1, 0.15) is 45.4 Å². The lowest BCUT2D eigenvalue weighted by Crippen LogP contribution is -2.26. The van der Waals surface area contributed by atoms with Crippen molar-refractivity contribution < 1.29 is 9.47 Å². The number of pyridine rings is 1. The third-order valence-corrected chi connectivity index (χ3v) is 3.04. The van der Waals surface area contributed by atoms with E-state index in [1.54, 1.807) is 0 Å². The van der Waals surface area contributed by atoms with Crippen LogP contribution in [0.25, 0.3) is 0 Å². The summed E-state index contributed by atoms with van der Waals surface area (Å²) < 4.78 is 11.2.